The molecule has 6 rings (SSSR count). The van der Waals surface area contributed by atoms with Gasteiger partial charge in [-0.05, 0) is 103 Å². The Morgan fingerprint density at radius 1 is 0.982 bits per heavy atom. The number of unbranched alkanes of at least 4 members (excludes halogenated alkanes) is 1. The first kappa shape index (κ1) is 40.5. The fourth-order valence-electron chi connectivity index (χ4n) is 8.29. The molecule has 55 heavy (non-hydrogen) atoms. The number of nitrogens with one attached hydrogen (secondary N) is 2. The molecule has 14 nitrogen and oxygen atoms in total. The lowest BCUT2D eigenvalue weighted by Gasteiger charge is -2.43. The molecule has 2 N–H and O–H groups in total. The van der Waals surface area contributed by atoms with E-state index in [0.29, 0.717) is 48.1 Å². The molecule has 0 unspecified atom stereocenters. The van der Waals surface area contributed by atoms with E-state index in [9.17, 15) is 14.4 Å². The summed E-state index contributed by atoms with van der Waals surface area (Å²) in [5.74, 6) is 1.67. The maximum Gasteiger partial charge on any atom is 0.410 e. The quantitative estimate of drug-likeness (QED) is 0.228. The second-order valence-electron chi connectivity index (χ2n) is 16.4. The smallest absolute Gasteiger partial charge is 0.410 e. The molecule has 3 fully saturated rings. The summed E-state index contributed by atoms with van der Waals surface area (Å²) in [4.78, 5) is 56.6. The number of benzene rings is 1. The van der Waals surface area contributed by atoms with Gasteiger partial charge >= 0.3 is 6.09 Å². The lowest BCUT2D eigenvalue weighted by atomic mass is 10.0. The molecule has 3 aliphatic heterocycles. The van der Waals surface area contributed by atoms with Gasteiger partial charge in [0, 0.05) is 57.5 Å². The van der Waals surface area contributed by atoms with Crippen molar-refractivity contribution in [3.8, 4) is 5.75 Å². The largest absolute Gasteiger partial charge is 0.495 e. The van der Waals surface area contributed by atoms with Crippen molar-refractivity contribution >= 4 is 41.0 Å². The molecule has 2 aromatic rings. The number of likely N-dealkylation sites (tertiary alicyclic amines) is 2. The number of aromatic nitrogens is 2. The lowest BCUT2D eigenvalue weighted by molar-refractivity contribution is -0.120. The Morgan fingerprint density at radius 3 is 2.38 bits per heavy atom. The van der Waals surface area contributed by atoms with Crippen LogP contribution in [-0.4, -0.2) is 121 Å². The van der Waals surface area contributed by atoms with Gasteiger partial charge in [-0.1, -0.05) is 19.8 Å². The normalized spacial score (nSPS) is 20.4. The van der Waals surface area contributed by atoms with E-state index >= 15 is 0 Å². The van der Waals surface area contributed by atoms with E-state index in [4.69, 9.17) is 19.2 Å². The molecule has 2 saturated heterocycles. The van der Waals surface area contributed by atoms with Crippen molar-refractivity contribution in [3.63, 3.8) is 0 Å². The summed E-state index contributed by atoms with van der Waals surface area (Å²) < 4.78 is 17.3. The molecule has 302 valence electrons. The third kappa shape index (κ3) is 10.2. The van der Waals surface area contributed by atoms with Crippen LogP contribution in [0.25, 0.3) is 0 Å². The number of amides is 3. The van der Waals surface area contributed by atoms with Gasteiger partial charge in [-0.3, -0.25) is 9.59 Å². The van der Waals surface area contributed by atoms with Crippen molar-refractivity contribution in [2.24, 2.45) is 0 Å². The van der Waals surface area contributed by atoms with Crippen molar-refractivity contribution in [2.45, 2.75) is 128 Å². The van der Waals surface area contributed by atoms with Gasteiger partial charge in [-0.2, -0.15) is 4.98 Å². The Morgan fingerprint density at radius 2 is 1.71 bits per heavy atom. The highest BCUT2D eigenvalue weighted by Gasteiger charge is 2.41. The number of rotatable bonds is 13. The third-order valence-electron chi connectivity index (χ3n) is 11.4. The van der Waals surface area contributed by atoms with Crippen LogP contribution < -0.4 is 25.2 Å². The van der Waals surface area contributed by atoms with E-state index in [2.05, 4.69) is 32.3 Å². The number of carbonyl (C=O) groups is 3. The predicted octanol–water partition coefficient (Wildman–Crippen LogP) is 6.12. The fraction of sp³-hybridized carbons (Fsp3) is 0.683. The zero-order valence-corrected chi connectivity index (χ0v) is 33.8. The van der Waals surface area contributed by atoms with Gasteiger partial charge in [-0.25, -0.2) is 9.78 Å². The van der Waals surface area contributed by atoms with E-state index < -0.39 is 5.60 Å². The highest BCUT2D eigenvalue weighted by Crippen LogP contribution is 2.40. The summed E-state index contributed by atoms with van der Waals surface area (Å²) in [7, 11) is 3.38. The van der Waals surface area contributed by atoms with Crippen LogP contribution in [0.5, 0.6) is 5.75 Å². The highest BCUT2D eigenvalue weighted by atomic mass is 16.6. The number of carbonyl (C=O) groups excluding carboxylic acids is 3. The summed E-state index contributed by atoms with van der Waals surface area (Å²) in [5, 5.41) is 6.55. The average Bonchev–Trinajstić information content (AvgIpc) is 3.71. The molecule has 3 amide bonds. The van der Waals surface area contributed by atoms with E-state index in [0.717, 1.165) is 96.3 Å². The molecule has 14 heteroatoms. The topological polar surface area (TPSA) is 142 Å². The number of piperidine rings is 2. The number of ether oxygens (including phenoxy) is 3. The van der Waals surface area contributed by atoms with Crippen molar-refractivity contribution in [1.29, 1.82) is 0 Å². The average molecular weight is 763 g/mol. The van der Waals surface area contributed by atoms with Crippen molar-refractivity contribution in [2.75, 3.05) is 68.6 Å². The Balaban J connectivity index is 0.935. The van der Waals surface area contributed by atoms with E-state index in [-0.39, 0.29) is 42.1 Å². The molecule has 0 radical (unpaired) electrons. The second kappa shape index (κ2) is 18.2. The molecule has 4 aliphatic rings. The zero-order valence-electron chi connectivity index (χ0n) is 33.8. The standard InChI is InChI=1S/C41H62N8O6/c1-7-33-38(51)46(5)34-27-42-39(45-36(34)49(33)30-12-8-9-13-30)44-32-15-14-28(26-35(32)53-6)37(50)43-29-16-21-47(22-17-29)20-10-11-25-54-31-18-23-48(24-19-31)40(52)55-41(2,3)4/h14-15,26-27,29-31,33H,7-13,16-25H2,1-6H3,(H,43,50)(H,42,44,45)/t33-/m1/s1. The lowest BCUT2D eigenvalue weighted by Crippen LogP contribution is -2.55. The minimum Gasteiger partial charge on any atom is -0.495 e. The van der Waals surface area contributed by atoms with E-state index in [1.54, 1.807) is 42.3 Å². The van der Waals surface area contributed by atoms with Gasteiger partial charge in [0.15, 0.2) is 5.82 Å². The van der Waals surface area contributed by atoms with Crippen LogP contribution in [0.3, 0.4) is 0 Å². The van der Waals surface area contributed by atoms with Crippen molar-refractivity contribution in [3.05, 3.63) is 30.0 Å². The first-order chi connectivity index (χ1) is 26.4. The van der Waals surface area contributed by atoms with E-state index in [1.165, 1.54) is 0 Å². The Labute approximate surface area is 326 Å². The van der Waals surface area contributed by atoms with Gasteiger partial charge in [0.05, 0.1) is 25.1 Å². The summed E-state index contributed by atoms with van der Waals surface area (Å²) in [6.07, 6.45) is 12.4. The minimum atomic E-state index is -0.476. The number of hydrogen-bond donors (Lipinski definition) is 2. The molecule has 0 bridgehead atoms. The van der Waals surface area contributed by atoms with Crippen LogP contribution in [-0.2, 0) is 14.3 Å². The summed E-state index contributed by atoms with van der Waals surface area (Å²) >= 11 is 0. The predicted molar refractivity (Wildman–Crippen MR) is 213 cm³/mol. The zero-order chi connectivity index (χ0) is 39.1. The van der Waals surface area contributed by atoms with Crippen molar-refractivity contribution in [1.82, 2.24) is 25.1 Å². The molecule has 1 aliphatic carbocycles. The van der Waals surface area contributed by atoms with Gasteiger partial charge < -0.3 is 44.4 Å². The Bertz CT molecular complexity index is 1630. The summed E-state index contributed by atoms with van der Waals surface area (Å²) in [6, 6.07) is 5.53. The number of likely N-dealkylation sites (N-methyl/N-ethyl adjacent to an activating group) is 1. The van der Waals surface area contributed by atoms with Crippen LogP contribution in [0.1, 0.15) is 109 Å². The summed E-state index contributed by atoms with van der Waals surface area (Å²) in [5.41, 5.74) is 1.43. The van der Waals surface area contributed by atoms with E-state index in [1.807, 2.05) is 26.8 Å². The molecule has 1 atom stereocenters. The Hall–Kier alpha value is -4.17. The molecule has 1 aromatic heterocycles. The van der Waals surface area contributed by atoms with Gasteiger partial charge in [-0.15, -0.1) is 0 Å². The highest BCUT2D eigenvalue weighted by molar-refractivity contribution is 6.04. The number of fused-ring (bicyclic) bond motifs is 1. The molecule has 1 aromatic carbocycles. The molecular formula is C41H62N8O6. The number of methoxy groups -OCH3 is 1. The molecular weight excluding hydrogens is 701 g/mol. The van der Waals surface area contributed by atoms with Gasteiger partial charge in [0.2, 0.25) is 11.9 Å². The van der Waals surface area contributed by atoms with Gasteiger partial charge in [0.25, 0.3) is 5.91 Å². The summed E-state index contributed by atoms with van der Waals surface area (Å²) in [6.45, 7) is 12.7. The Kier molecular flexibility index (Phi) is 13.4. The molecule has 1 saturated carbocycles. The monoisotopic (exact) mass is 762 g/mol. The van der Waals surface area contributed by atoms with Crippen LogP contribution in [0.2, 0.25) is 0 Å². The van der Waals surface area contributed by atoms with Crippen LogP contribution >= 0.6 is 0 Å². The number of nitrogens with zero attached hydrogens (tertiary/aromatic N) is 6. The molecule has 0 spiro atoms. The maximum atomic E-state index is 13.3. The SMILES string of the molecule is CC[C@@H]1C(=O)N(C)c2cnc(Nc3ccc(C(=O)NC4CCN(CCCCOC5CCN(C(=O)OC(C)(C)C)CC5)CC4)cc3OC)nc2N1C1CCCC1. The van der Waals surface area contributed by atoms with Crippen LogP contribution in [0.15, 0.2) is 24.4 Å². The third-order valence-corrected chi connectivity index (χ3v) is 11.4. The van der Waals surface area contributed by atoms with Crippen LogP contribution in [0, 0.1) is 0 Å². The number of anilines is 4. The minimum absolute atomic E-state index is 0.0803. The molecule has 4 heterocycles. The van der Waals surface area contributed by atoms with Crippen LogP contribution in [0.4, 0.5) is 27.9 Å². The second-order valence-corrected chi connectivity index (χ2v) is 16.4. The first-order valence-electron chi connectivity index (χ1n) is 20.4. The van der Waals surface area contributed by atoms with Gasteiger partial charge in [0.1, 0.15) is 23.1 Å². The van der Waals surface area contributed by atoms with Crippen molar-refractivity contribution < 1.29 is 28.6 Å². The number of hydrogen-bond acceptors (Lipinski definition) is 11. The maximum absolute atomic E-state index is 13.3. The fourth-order valence-corrected chi connectivity index (χ4v) is 8.29. The first-order valence-corrected chi connectivity index (χ1v) is 20.4.